The van der Waals surface area contributed by atoms with Crippen molar-refractivity contribution in [2.75, 3.05) is 19.8 Å². The van der Waals surface area contributed by atoms with Gasteiger partial charge in [-0.15, -0.1) is 0 Å². The van der Waals surface area contributed by atoms with Gasteiger partial charge in [0.05, 0.1) is 17.5 Å². The molecule has 4 aromatic rings. The van der Waals surface area contributed by atoms with Gasteiger partial charge in [-0.2, -0.15) is 5.10 Å². The van der Waals surface area contributed by atoms with Crippen LogP contribution in [0.15, 0.2) is 73.3 Å². The summed E-state index contributed by atoms with van der Waals surface area (Å²) < 4.78 is 1.65. The van der Waals surface area contributed by atoms with Gasteiger partial charge in [-0.3, -0.25) is 9.48 Å². The van der Waals surface area contributed by atoms with Crippen LogP contribution in [0.1, 0.15) is 11.6 Å². The Balaban J connectivity index is 1.81. The Kier molecular flexibility index (Phi) is 5.68. The number of hydrogen-bond acceptors (Lipinski definition) is 5. The van der Waals surface area contributed by atoms with Crippen molar-refractivity contribution in [3.63, 3.8) is 0 Å². The minimum Gasteiger partial charge on any atom is -0.383 e. The van der Waals surface area contributed by atoms with Gasteiger partial charge in [0.25, 0.3) is 5.91 Å². The number of halogens is 1. The van der Waals surface area contributed by atoms with Crippen LogP contribution in [0.4, 0.5) is 5.82 Å². The molecule has 0 radical (unpaired) electrons. The number of rotatable bonds is 5. The second kappa shape index (κ2) is 8.57. The number of nitrogens with two attached hydrogens (primary N) is 1. The van der Waals surface area contributed by atoms with Crippen molar-refractivity contribution in [1.82, 2.24) is 24.6 Å². The molecule has 1 amide bonds. The van der Waals surface area contributed by atoms with Crippen molar-refractivity contribution in [3.8, 4) is 22.4 Å². The summed E-state index contributed by atoms with van der Waals surface area (Å²) in [5.41, 5.74) is 9.93. The van der Waals surface area contributed by atoms with E-state index >= 15 is 0 Å². The van der Waals surface area contributed by atoms with E-state index < -0.39 is 6.04 Å². The van der Waals surface area contributed by atoms with Crippen LogP contribution in [0.3, 0.4) is 0 Å². The summed E-state index contributed by atoms with van der Waals surface area (Å²) in [6.45, 7) is 0. The van der Waals surface area contributed by atoms with Crippen LogP contribution >= 0.6 is 11.6 Å². The molecule has 2 heterocycles. The van der Waals surface area contributed by atoms with Crippen LogP contribution in [0.2, 0.25) is 5.02 Å². The average Bonchev–Trinajstić information content (AvgIpc) is 3.25. The monoisotopic (exact) mass is 432 g/mol. The zero-order valence-electron chi connectivity index (χ0n) is 17.1. The highest BCUT2D eigenvalue weighted by Crippen LogP contribution is 2.34. The van der Waals surface area contributed by atoms with Crippen LogP contribution in [-0.4, -0.2) is 44.7 Å². The predicted molar refractivity (Wildman–Crippen MR) is 121 cm³/mol. The zero-order chi connectivity index (χ0) is 22.0. The summed E-state index contributed by atoms with van der Waals surface area (Å²) in [5.74, 6) is 0.269. The van der Waals surface area contributed by atoms with E-state index in [1.54, 1.807) is 48.2 Å². The second-order valence-electron chi connectivity index (χ2n) is 7.24. The maximum Gasteiger partial charge on any atom is 0.251 e. The molecule has 1 unspecified atom stereocenters. The number of aromatic nitrogens is 4. The van der Waals surface area contributed by atoms with E-state index in [2.05, 4.69) is 15.1 Å². The van der Waals surface area contributed by atoms with Crippen molar-refractivity contribution in [3.05, 3.63) is 83.9 Å². The number of amides is 1. The lowest BCUT2D eigenvalue weighted by atomic mass is 10.0. The van der Waals surface area contributed by atoms with Crippen LogP contribution in [0.5, 0.6) is 0 Å². The molecule has 1 atom stereocenters. The van der Waals surface area contributed by atoms with E-state index in [1.807, 2.05) is 42.5 Å². The van der Waals surface area contributed by atoms with E-state index in [-0.39, 0.29) is 5.91 Å². The maximum atomic E-state index is 13.0. The van der Waals surface area contributed by atoms with Gasteiger partial charge in [-0.05, 0) is 23.3 Å². The number of anilines is 1. The predicted octanol–water partition coefficient (Wildman–Crippen LogP) is 3.92. The van der Waals surface area contributed by atoms with E-state index in [1.165, 1.54) is 6.33 Å². The number of nitrogens with zero attached hydrogens (tertiary/aromatic N) is 5. The third kappa shape index (κ3) is 4.13. The molecular weight excluding hydrogens is 412 g/mol. The zero-order valence-corrected chi connectivity index (χ0v) is 17.9. The Morgan fingerprint density at radius 3 is 2.42 bits per heavy atom. The summed E-state index contributed by atoms with van der Waals surface area (Å²) in [6, 6.07) is 16.3. The number of benzene rings is 2. The molecule has 0 spiro atoms. The first-order valence-corrected chi connectivity index (χ1v) is 10.0. The fourth-order valence-corrected chi connectivity index (χ4v) is 3.54. The largest absolute Gasteiger partial charge is 0.383 e. The number of carbonyl (C=O) groups is 1. The summed E-state index contributed by atoms with van der Waals surface area (Å²) in [4.78, 5) is 23.1. The van der Waals surface area contributed by atoms with E-state index in [4.69, 9.17) is 17.3 Å². The van der Waals surface area contributed by atoms with Crippen LogP contribution in [-0.2, 0) is 4.79 Å². The van der Waals surface area contributed by atoms with Gasteiger partial charge in [-0.1, -0.05) is 54.1 Å². The SMILES string of the molecule is CN(C)C(=O)C(c1ccccc1)n1cc(-c2ncnc(N)c2-c2ccc(Cl)cc2)cn1. The van der Waals surface area contributed by atoms with Crippen molar-refractivity contribution in [2.45, 2.75) is 6.04 Å². The maximum absolute atomic E-state index is 13.0. The normalized spacial score (nSPS) is 11.8. The summed E-state index contributed by atoms with van der Waals surface area (Å²) >= 11 is 6.04. The quantitative estimate of drug-likeness (QED) is 0.516. The lowest BCUT2D eigenvalue weighted by Crippen LogP contribution is -2.32. The first-order valence-electron chi connectivity index (χ1n) is 9.62. The Morgan fingerprint density at radius 2 is 1.74 bits per heavy atom. The molecule has 0 aliphatic carbocycles. The van der Waals surface area contributed by atoms with Crippen molar-refractivity contribution in [1.29, 1.82) is 0 Å². The van der Waals surface area contributed by atoms with Gasteiger partial charge in [0.15, 0.2) is 6.04 Å². The molecule has 0 aliphatic heterocycles. The fourth-order valence-electron chi connectivity index (χ4n) is 3.41. The van der Waals surface area contributed by atoms with Crippen LogP contribution in [0.25, 0.3) is 22.4 Å². The highest BCUT2D eigenvalue weighted by atomic mass is 35.5. The molecule has 2 N–H and O–H groups in total. The molecule has 0 fully saturated rings. The van der Waals surface area contributed by atoms with Crippen molar-refractivity contribution >= 4 is 23.3 Å². The van der Waals surface area contributed by atoms with Gasteiger partial charge in [-0.25, -0.2) is 9.97 Å². The highest BCUT2D eigenvalue weighted by molar-refractivity contribution is 6.30. The topological polar surface area (TPSA) is 89.9 Å². The molecule has 0 saturated heterocycles. The average molecular weight is 433 g/mol. The molecule has 2 aromatic heterocycles. The smallest absolute Gasteiger partial charge is 0.251 e. The molecule has 7 nitrogen and oxygen atoms in total. The first-order chi connectivity index (χ1) is 15.0. The third-order valence-electron chi connectivity index (χ3n) is 4.94. The second-order valence-corrected chi connectivity index (χ2v) is 7.68. The third-order valence-corrected chi connectivity index (χ3v) is 5.19. The molecule has 156 valence electrons. The number of nitrogen functional groups attached to an aromatic ring is 1. The number of likely N-dealkylation sites (N-methyl/N-ethyl adjacent to an activating group) is 1. The lowest BCUT2D eigenvalue weighted by Gasteiger charge is -2.21. The highest BCUT2D eigenvalue weighted by Gasteiger charge is 2.26. The van der Waals surface area contributed by atoms with Gasteiger partial charge in [0.1, 0.15) is 12.1 Å². The van der Waals surface area contributed by atoms with Crippen LogP contribution < -0.4 is 5.73 Å². The molecule has 31 heavy (non-hydrogen) atoms. The Bertz CT molecular complexity index is 1200. The lowest BCUT2D eigenvalue weighted by molar-refractivity contribution is -0.131. The van der Waals surface area contributed by atoms with Gasteiger partial charge < -0.3 is 10.6 Å². The Hall–Kier alpha value is -3.71. The van der Waals surface area contributed by atoms with Crippen molar-refractivity contribution < 1.29 is 4.79 Å². The van der Waals surface area contributed by atoms with E-state index in [0.717, 1.165) is 16.7 Å². The molecule has 2 aromatic carbocycles. The minimum atomic E-state index is -0.594. The Labute approximate surface area is 185 Å². The Morgan fingerprint density at radius 1 is 1.03 bits per heavy atom. The minimum absolute atomic E-state index is 0.0824. The van der Waals surface area contributed by atoms with E-state index in [0.29, 0.717) is 22.1 Å². The number of hydrogen-bond donors (Lipinski definition) is 1. The standard InChI is InChI=1S/C23H21ClN6O/c1-29(2)23(31)21(16-6-4-3-5-7-16)30-13-17(12-28-30)20-19(22(25)27-14-26-20)15-8-10-18(24)11-9-15/h3-14,21H,1-2H3,(H2,25,26,27). The summed E-state index contributed by atoms with van der Waals surface area (Å²) in [7, 11) is 3.46. The van der Waals surface area contributed by atoms with Gasteiger partial charge in [0.2, 0.25) is 0 Å². The molecule has 0 bridgehead atoms. The fraction of sp³-hybridized carbons (Fsp3) is 0.130. The molecule has 0 aliphatic rings. The van der Waals surface area contributed by atoms with E-state index in [9.17, 15) is 4.79 Å². The molecular formula is C23H21ClN6O. The molecule has 4 rings (SSSR count). The molecule has 0 saturated carbocycles. The van der Waals surface area contributed by atoms with Gasteiger partial charge >= 0.3 is 0 Å². The summed E-state index contributed by atoms with van der Waals surface area (Å²) in [6.07, 6.45) is 4.90. The number of carbonyl (C=O) groups excluding carboxylic acids is 1. The molecule has 8 heteroatoms. The van der Waals surface area contributed by atoms with Crippen molar-refractivity contribution in [2.24, 2.45) is 0 Å². The van der Waals surface area contributed by atoms with Crippen LogP contribution in [0, 0.1) is 0 Å². The van der Waals surface area contributed by atoms with Gasteiger partial charge in [0, 0.05) is 30.9 Å². The first kappa shape index (κ1) is 20.6. The summed E-state index contributed by atoms with van der Waals surface area (Å²) in [5, 5.41) is 5.12.